The average molecular weight is 190 g/mol. The summed E-state index contributed by atoms with van der Waals surface area (Å²) in [6.45, 7) is 0. The second-order valence-electron chi connectivity index (χ2n) is 2.45. The maximum absolute atomic E-state index is 10.7. The Bertz CT molecular complexity index is 351. The molecule has 0 saturated heterocycles. The van der Waals surface area contributed by atoms with E-state index in [1.165, 1.54) is 7.11 Å². The molecule has 0 N–H and O–H groups in total. The Labute approximate surface area is 82.3 Å². The first-order valence-electron chi connectivity index (χ1n) is 4.15. The van der Waals surface area contributed by atoms with Crippen molar-refractivity contribution in [3.63, 3.8) is 0 Å². The van der Waals surface area contributed by atoms with Crippen molar-refractivity contribution >= 4 is 5.97 Å². The van der Waals surface area contributed by atoms with Gasteiger partial charge >= 0.3 is 5.97 Å². The molecule has 0 unspecified atom stereocenters. The summed E-state index contributed by atoms with van der Waals surface area (Å²) in [5.41, 5.74) is 0. The zero-order chi connectivity index (χ0) is 10.2. The van der Waals surface area contributed by atoms with E-state index in [0.29, 0.717) is 18.7 Å². The number of hydrogen-bond acceptors (Lipinski definition) is 4. The van der Waals surface area contributed by atoms with Gasteiger partial charge in [-0.3, -0.25) is 4.79 Å². The van der Waals surface area contributed by atoms with Crippen LogP contribution in [0.3, 0.4) is 0 Å². The van der Waals surface area contributed by atoms with Crippen molar-refractivity contribution in [2.24, 2.45) is 0 Å². The Morgan fingerprint density at radius 2 is 2.21 bits per heavy atom. The van der Waals surface area contributed by atoms with Crippen LogP contribution in [0.25, 0.3) is 0 Å². The first-order chi connectivity index (χ1) is 6.83. The van der Waals surface area contributed by atoms with Crippen molar-refractivity contribution in [2.75, 3.05) is 7.11 Å². The molecule has 0 atom stereocenters. The van der Waals surface area contributed by atoms with Crippen LogP contribution in [-0.4, -0.2) is 23.0 Å². The predicted octanol–water partition coefficient (Wildman–Crippen LogP) is 0.781. The molecule has 0 aliphatic heterocycles. The lowest BCUT2D eigenvalue weighted by Crippen LogP contribution is -1.98. The maximum Gasteiger partial charge on any atom is 0.306 e. The number of methoxy groups -OCH3 is 1. The molecule has 0 aliphatic carbocycles. The van der Waals surface area contributed by atoms with Gasteiger partial charge in [-0.1, -0.05) is 5.92 Å². The van der Waals surface area contributed by atoms with E-state index in [1.807, 2.05) is 0 Å². The fraction of sp³-hybridized carbons (Fsp3) is 0.300. The van der Waals surface area contributed by atoms with E-state index in [0.717, 1.165) is 0 Å². The van der Waals surface area contributed by atoms with Crippen molar-refractivity contribution in [1.29, 1.82) is 0 Å². The van der Waals surface area contributed by atoms with E-state index in [-0.39, 0.29) is 5.97 Å². The zero-order valence-corrected chi connectivity index (χ0v) is 7.86. The van der Waals surface area contributed by atoms with E-state index in [9.17, 15) is 4.79 Å². The normalized spacial score (nSPS) is 8.64. The zero-order valence-electron chi connectivity index (χ0n) is 7.86. The maximum atomic E-state index is 10.7. The lowest BCUT2D eigenvalue weighted by Gasteiger charge is -1.91. The van der Waals surface area contributed by atoms with Crippen molar-refractivity contribution in [1.82, 2.24) is 9.97 Å². The SMILES string of the molecule is COC(=O)CCC#Cc1ncccn1. The Balaban J connectivity index is 2.38. The number of carbonyl (C=O) groups excluding carboxylic acids is 1. The van der Waals surface area contributed by atoms with Gasteiger partial charge in [0.05, 0.1) is 13.5 Å². The Morgan fingerprint density at radius 3 is 2.86 bits per heavy atom. The van der Waals surface area contributed by atoms with Crippen molar-refractivity contribution in [2.45, 2.75) is 12.8 Å². The third-order valence-electron chi connectivity index (χ3n) is 1.45. The van der Waals surface area contributed by atoms with Crippen LogP contribution in [0.2, 0.25) is 0 Å². The minimum atomic E-state index is -0.256. The highest BCUT2D eigenvalue weighted by atomic mass is 16.5. The number of aromatic nitrogens is 2. The van der Waals surface area contributed by atoms with Crippen LogP contribution in [0.5, 0.6) is 0 Å². The highest BCUT2D eigenvalue weighted by Crippen LogP contribution is 1.90. The lowest BCUT2D eigenvalue weighted by atomic mass is 10.3. The van der Waals surface area contributed by atoms with Gasteiger partial charge in [0, 0.05) is 18.8 Å². The van der Waals surface area contributed by atoms with Gasteiger partial charge in [0.15, 0.2) is 0 Å². The third-order valence-corrected chi connectivity index (χ3v) is 1.45. The Kier molecular flexibility index (Phi) is 4.15. The van der Waals surface area contributed by atoms with Gasteiger partial charge in [-0.15, -0.1) is 0 Å². The second-order valence-corrected chi connectivity index (χ2v) is 2.45. The first kappa shape index (κ1) is 10.2. The van der Waals surface area contributed by atoms with Crippen LogP contribution < -0.4 is 0 Å². The van der Waals surface area contributed by atoms with Crippen LogP contribution in [0.1, 0.15) is 18.7 Å². The molecular weight excluding hydrogens is 180 g/mol. The van der Waals surface area contributed by atoms with Crippen molar-refractivity contribution < 1.29 is 9.53 Å². The number of hydrogen-bond donors (Lipinski definition) is 0. The highest BCUT2D eigenvalue weighted by molar-refractivity contribution is 5.69. The minimum Gasteiger partial charge on any atom is -0.469 e. The minimum absolute atomic E-state index is 0.256. The van der Waals surface area contributed by atoms with E-state index >= 15 is 0 Å². The van der Waals surface area contributed by atoms with E-state index in [1.54, 1.807) is 18.5 Å². The third kappa shape index (κ3) is 3.68. The molecule has 1 aromatic rings. The average Bonchev–Trinajstić information content (AvgIpc) is 2.25. The summed E-state index contributed by atoms with van der Waals surface area (Å²) in [6, 6.07) is 1.72. The summed E-state index contributed by atoms with van der Waals surface area (Å²) < 4.78 is 4.46. The van der Waals surface area contributed by atoms with Crippen molar-refractivity contribution in [3.05, 3.63) is 24.3 Å². The summed E-state index contributed by atoms with van der Waals surface area (Å²) in [5, 5.41) is 0. The molecule has 0 bridgehead atoms. The fourth-order valence-corrected chi connectivity index (χ4v) is 0.772. The van der Waals surface area contributed by atoms with Gasteiger partial charge in [0.1, 0.15) is 0 Å². The molecule has 14 heavy (non-hydrogen) atoms. The standard InChI is InChI=1S/C10H10N2O2/c1-14-10(13)6-3-2-5-9-11-7-4-8-12-9/h4,7-8H,3,6H2,1H3. The number of carbonyl (C=O) groups is 1. The number of ether oxygens (including phenoxy) is 1. The van der Waals surface area contributed by atoms with Crippen LogP contribution >= 0.6 is 0 Å². The van der Waals surface area contributed by atoms with Crippen LogP contribution in [-0.2, 0) is 9.53 Å². The Morgan fingerprint density at radius 1 is 1.50 bits per heavy atom. The molecule has 0 radical (unpaired) electrons. The molecule has 4 heteroatoms. The summed E-state index contributed by atoms with van der Waals surface area (Å²) in [7, 11) is 1.36. The van der Waals surface area contributed by atoms with Gasteiger partial charge in [-0.05, 0) is 12.0 Å². The summed E-state index contributed by atoms with van der Waals surface area (Å²) in [4.78, 5) is 18.5. The number of nitrogens with zero attached hydrogens (tertiary/aromatic N) is 2. The van der Waals surface area contributed by atoms with E-state index in [4.69, 9.17) is 0 Å². The quantitative estimate of drug-likeness (QED) is 0.511. The molecular formula is C10H10N2O2. The van der Waals surface area contributed by atoms with Gasteiger partial charge in [-0.2, -0.15) is 0 Å². The molecule has 0 amide bonds. The second kappa shape index (κ2) is 5.70. The largest absolute Gasteiger partial charge is 0.469 e. The molecule has 0 aliphatic rings. The van der Waals surface area contributed by atoms with Crippen LogP contribution in [0.4, 0.5) is 0 Å². The summed E-state index contributed by atoms with van der Waals surface area (Å²) in [6.07, 6.45) is 4.01. The van der Waals surface area contributed by atoms with E-state index < -0.39 is 0 Å². The first-order valence-corrected chi connectivity index (χ1v) is 4.15. The van der Waals surface area contributed by atoms with Crippen LogP contribution in [0, 0.1) is 11.8 Å². The van der Waals surface area contributed by atoms with E-state index in [2.05, 4.69) is 26.5 Å². The van der Waals surface area contributed by atoms with Gasteiger partial charge < -0.3 is 4.74 Å². The molecule has 0 fully saturated rings. The van der Waals surface area contributed by atoms with Gasteiger partial charge in [0.25, 0.3) is 0 Å². The molecule has 1 rings (SSSR count). The molecule has 4 nitrogen and oxygen atoms in total. The lowest BCUT2D eigenvalue weighted by molar-refractivity contribution is -0.140. The van der Waals surface area contributed by atoms with Gasteiger partial charge in [0.2, 0.25) is 5.82 Å². The molecule has 0 aromatic carbocycles. The van der Waals surface area contributed by atoms with Gasteiger partial charge in [-0.25, -0.2) is 9.97 Å². The molecule has 0 saturated carbocycles. The summed E-state index contributed by atoms with van der Waals surface area (Å²) in [5.74, 6) is 5.75. The molecule has 1 aromatic heterocycles. The molecule has 0 spiro atoms. The smallest absolute Gasteiger partial charge is 0.306 e. The number of esters is 1. The van der Waals surface area contributed by atoms with Crippen molar-refractivity contribution in [3.8, 4) is 11.8 Å². The Hall–Kier alpha value is -1.89. The number of rotatable bonds is 2. The monoisotopic (exact) mass is 190 g/mol. The summed E-state index contributed by atoms with van der Waals surface area (Å²) >= 11 is 0. The highest BCUT2D eigenvalue weighted by Gasteiger charge is 1.95. The predicted molar refractivity (Wildman–Crippen MR) is 50.2 cm³/mol. The van der Waals surface area contributed by atoms with Crippen LogP contribution in [0.15, 0.2) is 18.5 Å². The fourth-order valence-electron chi connectivity index (χ4n) is 0.772. The topological polar surface area (TPSA) is 52.1 Å². The molecule has 72 valence electrons. The molecule has 1 heterocycles.